The summed E-state index contributed by atoms with van der Waals surface area (Å²) in [6.45, 7) is 0. The maximum absolute atomic E-state index is 12.6. The zero-order valence-corrected chi connectivity index (χ0v) is 15.2. The van der Waals surface area contributed by atoms with Crippen molar-refractivity contribution in [1.29, 1.82) is 0 Å². The van der Waals surface area contributed by atoms with Crippen molar-refractivity contribution in [3.8, 4) is 5.69 Å². The van der Waals surface area contributed by atoms with Gasteiger partial charge in [-0.2, -0.15) is 4.68 Å². The number of nitrogens with zero attached hydrogens (tertiary/aromatic N) is 5. The number of carbonyl (C=O) groups is 2. The summed E-state index contributed by atoms with van der Waals surface area (Å²) in [5, 5.41) is 16.5. The molecule has 0 atom stereocenters. The lowest BCUT2D eigenvalue weighted by atomic mass is 10.2. The average Bonchev–Trinajstić information content (AvgIpc) is 3.02. The molecule has 0 radical (unpaired) electrons. The minimum atomic E-state index is -1.09. The van der Waals surface area contributed by atoms with Crippen LogP contribution < -0.4 is 10.6 Å². The third-order valence-corrected chi connectivity index (χ3v) is 4.31. The van der Waals surface area contributed by atoms with Crippen LogP contribution in [0.15, 0.2) is 47.3 Å². The Balaban J connectivity index is 1.95. The predicted molar refractivity (Wildman–Crippen MR) is 98.2 cm³/mol. The predicted octanol–water partition coefficient (Wildman–Crippen LogP) is 2.54. The third kappa shape index (κ3) is 3.42. The summed E-state index contributed by atoms with van der Waals surface area (Å²) in [6.07, 6.45) is 0. The minimum absolute atomic E-state index is 0.0658. The van der Waals surface area contributed by atoms with Gasteiger partial charge in [0.05, 0.1) is 15.6 Å². The molecule has 0 bridgehead atoms. The first kappa shape index (κ1) is 18.6. The van der Waals surface area contributed by atoms with Crippen molar-refractivity contribution >= 4 is 40.9 Å². The maximum atomic E-state index is 12.6. The van der Waals surface area contributed by atoms with Gasteiger partial charge < -0.3 is 5.11 Å². The normalized spacial score (nSPS) is 10.6. The van der Waals surface area contributed by atoms with Crippen LogP contribution in [0.2, 0.25) is 10.0 Å². The molecule has 138 valence electrons. The molecule has 0 saturated carbocycles. The molecule has 0 aliphatic carbocycles. The molecule has 0 aliphatic rings. The van der Waals surface area contributed by atoms with Crippen LogP contribution in [0.1, 0.15) is 10.4 Å². The molecule has 3 rings (SSSR count). The molecule has 0 fully saturated rings. The third-order valence-electron chi connectivity index (χ3n) is 3.70. The van der Waals surface area contributed by atoms with Gasteiger partial charge in [-0.25, -0.2) is 14.4 Å². The van der Waals surface area contributed by atoms with Crippen LogP contribution in [0.4, 0.5) is 10.5 Å². The van der Waals surface area contributed by atoms with Crippen molar-refractivity contribution in [1.82, 2.24) is 19.8 Å². The lowest BCUT2D eigenvalue weighted by molar-refractivity contribution is 0.0697. The molecule has 1 amide bonds. The Bertz CT molecular complexity index is 1070. The van der Waals surface area contributed by atoms with E-state index in [4.69, 9.17) is 28.3 Å². The number of para-hydroxylation sites is 1. The van der Waals surface area contributed by atoms with Crippen LogP contribution in [0, 0.1) is 0 Å². The minimum Gasteiger partial charge on any atom is -0.478 e. The zero-order chi connectivity index (χ0) is 19.7. The molecule has 0 spiro atoms. The summed E-state index contributed by atoms with van der Waals surface area (Å²) in [5.41, 5.74) is -0.319. The van der Waals surface area contributed by atoms with Gasteiger partial charge >= 0.3 is 17.7 Å². The van der Waals surface area contributed by atoms with Gasteiger partial charge in [0.2, 0.25) is 0 Å². The second kappa shape index (κ2) is 7.22. The molecule has 0 unspecified atom stereocenters. The number of amides is 1. The van der Waals surface area contributed by atoms with E-state index in [0.29, 0.717) is 10.4 Å². The number of benzene rings is 2. The van der Waals surface area contributed by atoms with Crippen LogP contribution in [0.5, 0.6) is 0 Å². The topological polar surface area (TPSA) is 110 Å². The highest BCUT2D eigenvalue weighted by atomic mass is 35.5. The summed E-state index contributed by atoms with van der Waals surface area (Å²) in [5.74, 6) is -1.09. The highest BCUT2D eigenvalue weighted by Gasteiger charge is 2.22. The van der Waals surface area contributed by atoms with Gasteiger partial charge in [-0.05, 0) is 46.8 Å². The van der Waals surface area contributed by atoms with Crippen LogP contribution in [-0.4, -0.2) is 43.9 Å². The fraction of sp³-hybridized carbons (Fsp3) is 0.0625. The molecular weight excluding hydrogens is 397 g/mol. The summed E-state index contributed by atoms with van der Waals surface area (Å²) in [7, 11) is 1.41. The van der Waals surface area contributed by atoms with Gasteiger partial charge in [-0.1, -0.05) is 29.3 Å². The Morgan fingerprint density at radius 3 is 2.19 bits per heavy atom. The fourth-order valence-corrected chi connectivity index (χ4v) is 2.84. The molecule has 1 aromatic heterocycles. The van der Waals surface area contributed by atoms with E-state index in [-0.39, 0.29) is 21.3 Å². The Labute approximate surface area is 161 Å². The van der Waals surface area contributed by atoms with Gasteiger partial charge in [0.15, 0.2) is 0 Å². The van der Waals surface area contributed by atoms with Crippen molar-refractivity contribution in [3.63, 3.8) is 0 Å². The second-order valence-corrected chi connectivity index (χ2v) is 6.16. The van der Waals surface area contributed by atoms with E-state index < -0.39 is 17.7 Å². The standard InChI is InChI=1S/C16H11Cl2N5O4/c1-21(10-7-5-9(6-8-10)14(24)25)15(26)23-16(27)22(19-20-23)13-11(17)3-2-4-12(13)18/h2-8H,1H3,(H,24,25). The number of hydrogen-bond acceptors (Lipinski definition) is 5. The van der Waals surface area contributed by atoms with Gasteiger partial charge in [0.25, 0.3) is 0 Å². The number of carbonyl (C=O) groups excluding carboxylic acids is 1. The monoisotopic (exact) mass is 407 g/mol. The summed E-state index contributed by atoms with van der Waals surface area (Å²) in [6, 6.07) is 9.39. The van der Waals surface area contributed by atoms with Gasteiger partial charge in [-0.15, -0.1) is 4.68 Å². The van der Waals surface area contributed by atoms with E-state index in [2.05, 4.69) is 10.4 Å². The van der Waals surface area contributed by atoms with Gasteiger partial charge in [0.1, 0.15) is 5.69 Å². The number of tetrazole rings is 1. The first-order valence-electron chi connectivity index (χ1n) is 7.42. The number of anilines is 1. The molecule has 11 heteroatoms. The Hall–Kier alpha value is -3.17. The van der Waals surface area contributed by atoms with Crippen molar-refractivity contribution in [2.45, 2.75) is 0 Å². The lowest BCUT2D eigenvalue weighted by Gasteiger charge is -2.15. The number of aromatic carboxylic acids is 1. The molecule has 3 aromatic rings. The molecule has 0 saturated heterocycles. The summed E-state index contributed by atoms with van der Waals surface area (Å²) >= 11 is 12.1. The van der Waals surface area contributed by atoms with Crippen LogP contribution in [0.25, 0.3) is 5.69 Å². The maximum Gasteiger partial charge on any atom is 0.377 e. The Morgan fingerprint density at radius 1 is 1.04 bits per heavy atom. The van der Waals surface area contributed by atoms with Crippen molar-refractivity contribution in [2.24, 2.45) is 0 Å². The molecule has 1 heterocycles. The number of carboxylic acids is 1. The number of rotatable bonds is 3. The first-order chi connectivity index (χ1) is 12.8. The SMILES string of the molecule is CN(C(=O)n1nnn(-c2c(Cl)cccc2Cl)c1=O)c1ccc(C(=O)O)cc1. The Morgan fingerprint density at radius 2 is 1.63 bits per heavy atom. The molecule has 27 heavy (non-hydrogen) atoms. The van der Waals surface area contributed by atoms with E-state index in [1.54, 1.807) is 6.07 Å². The molecular formula is C16H11Cl2N5O4. The Kier molecular flexibility index (Phi) is 4.98. The fourth-order valence-electron chi connectivity index (χ4n) is 2.28. The number of hydrogen-bond donors (Lipinski definition) is 1. The molecule has 2 aromatic carbocycles. The number of halogens is 2. The summed E-state index contributed by atoms with van der Waals surface area (Å²) < 4.78 is 1.37. The number of aromatic nitrogens is 4. The highest BCUT2D eigenvalue weighted by molar-refractivity contribution is 6.37. The highest BCUT2D eigenvalue weighted by Crippen LogP contribution is 2.26. The molecule has 0 aliphatic heterocycles. The molecule has 9 nitrogen and oxygen atoms in total. The first-order valence-corrected chi connectivity index (χ1v) is 8.17. The van der Waals surface area contributed by atoms with E-state index >= 15 is 0 Å². The average molecular weight is 408 g/mol. The quantitative estimate of drug-likeness (QED) is 0.667. The van der Waals surface area contributed by atoms with Crippen molar-refractivity contribution < 1.29 is 14.7 Å². The van der Waals surface area contributed by atoms with Crippen LogP contribution in [-0.2, 0) is 0 Å². The number of carboxylic acid groups (broad SMARTS) is 1. The second-order valence-electron chi connectivity index (χ2n) is 5.35. The van der Waals surface area contributed by atoms with Gasteiger partial charge in [-0.3, -0.25) is 4.90 Å². The van der Waals surface area contributed by atoms with E-state index in [1.165, 1.54) is 43.4 Å². The van der Waals surface area contributed by atoms with Gasteiger partial charge in [0, 0.05) is 12.7 Å². The largest absolute Gasteiger partial charge is 0.478 e. The van der Waals surface area contributed by atoms with Crippen LogP contribution in [0.3, 0.4) is 0 Å². The zero-order valence-electron chi connectivity index (χ0n) is 13.7. The van der Waals surface area contributed by atoms with Crippen LogP contribution >= 0.6 is 23.2 Å². The van der Waals surface area contributed by atoms with E-state index in [9.17, 15) is 14.4 Å². The molecule has 1 N–H and O–H groups in total. The smallest absolute Gasteiger partial charge is 0.377 e. The van der Waals surface area contributed by atoms with E-state index in [1.807, 2.05) is 0 Å². The van der Waals surface area contributed by atoms with E-state index in [0.717, 1.165) is 9.58 Å². The van der Waals surface area contributed by atoms with Crippen molar-refractivity contribution in [2.75, 3.05) is 11.9 Å². The lowest BCUT2D eigenvalue weighted by Crippen LogP contribution is -2.39. The summed E-state index contributed by atoms with van der Waals surface area (Å²) in [4.78, 5) is 37.2. The van der Waals surface area contributed by atoms with Crippen molar-refractivity contribution in [3.05, 3.63) is 68.6 Å².